The lowest BCUT2D eigenvalue weighted by atomic mass is 9.93. The van der Waals surface area contributed by atoms with Crippen LogP contribution in [0.4, 0.5) is 0 Å². The molecule has 1 aliphatic carbocycles. The van der Waals surface area contributed by atoms with E-state index in [1.807, 2.05) is 30.1 Å². The molecule has 0 saturated heterocycles. The van der Waals surface area contributed by atoms with Crippen molar-refractivity contribution in [2.75, 3.05) is 6.54 Å². The standard InChI is InChI=1S/C18H21N3OS/c1-21-15-7-4-6-14(13(15)10-20-21)19-11-16(22)18-9-12-5-2-3-8-17(12)23-18/h2-3,5,8-10,14,16,19,22H,4,6-7,11H2,1H3. The number of fused-ring (bicyclic) bond motifs is 2. The number of benzene rings is 1. The average molecular weight is 327 g/mol. The second kappa shape index (κ2) is 6.07. The van der Waals surface area contributed by atoms with E-state index in [1.54, 1.807) is 11.3 Å². The van der Waals surface area contributed by atoms with Crippen LogP contribution in [-0.2, 0) is 13.5 Å². The molecule has 0 spiro atoms. The lowest BCUT2D eigenvalue weighted by Gasteiger charge is -2.25. The summed E-state index contributed by atoms with van der Waals surface area (Å²) in [4.78, 5) is 1.03. The highest BCUT2D eigenvalue weighted by molar-refractivity contribution is 7.19. The molecule has 120 valence electrons. The first-order valence-corrected chi connectivity index (χ1v) is 8.94. The van der Waals surface area contributed by atoms with Gasteiger partial charge >= 0.3 is 0 Å². The van der Waals surface area contributed by atoms with Crippen molar-refractivity contribution >= 4 is 21.4 Å². The Morgan fingerprint density at radius 2 is 2.30 bits per heavy atom. The van der Waals surface area contributed by atoms with Crippen LogP contribution in [0, 0.1) is 0 Å². The van der Waals surface area contributed by atoms with E-state index < -0.39 is 6.10 Å². The molecular weight excluding hydrogens is 306 g/mol. The summed E-state index contributed by atoms with van der Waals surface area (Å²) in [6.45, 7) is 0.575. The van der Waals surface area contributed by atoms with Gasteiger partial charge in [0.1, 0.15) is 6.10 Å². The summed E-state index contributed by atoms with van der Waals surface area (Å²) >= 11 is 1.68. The fourth-order valence-electron chi connectivity index (χ4n) is 3.44. The number of nitrogens with zero attached hydrogens (tertiary/aromatic N) is 2. The predicted molar refractivity (Wildman–Crippen MR) is 93.7 cm³/mol. The topological polar surface area (TPSA) is 50.1 Å². The van der Waals surface area contributed by atoms with Crippen LogP contribution >= 0.6 is 11.3 Å². The summed E-state index contributed by atoms with van der Waals surface area (Å²) in [5, 5.41) is 19.7. The minimum Gasteiger partial charge on any atom is -0.386 e. The summed E-state index contributed by atoms with van der Waals surface area (Å²) in [5.41, 5.74) is 2.62. The van der Waals surface area contributed by atoms with Gasteiger partial charge in [-0.3, -0.25) is 4.68 Å². The minimum absolute atomic E-state index is 0.302. The monoisotopic (exact) mass is 327 g/mol. The summed E-state index contributed by atoms with van der Waals surface area (Å²) in [6.07, 6.45) is 4.89. The normalized spacial score (nSPS) is 19.0. The number of hydrogen-bond donors (Lipinski definition) is 2. The van der Waals surface area contributed by atoms with E-state index in [0.29, 0.717) is 12.6 Å². The number of aromatic nitrogens is 2. The molecule has 3 aromatic rings. The van der Waals surface area contributed by atoms with Crippen LogP contribution in [-0.4, -0.2) is 21.4 Å². The molecule has 1 aliphatic rings. The van der Waals surface area contributed by atoms with E-state index in [9.17, 15) is 5.11 Å². The molecule has 0 saturated carbocycles. The zero-order valence-electron chi connectivity index (χ0n) is 13.2. The molecule has 2 N–H and O–H groups in total. The Labute approximate surface area is 139 Å². The molecule has 5 heteroatoms. The molecule has 23 heavy (non-hydrogen) atoms. The van der Waals surface area contributed by atoms with Gasteiger partial charge in [-0.2, -0.15) is 5.10 Å². The highest BCUT2D eigenvalue weighted by Gasteiger charge is 2.24. The van der Waals surface area contributed by atoms with Crippen LogP contribution in [0.2, 0.25) is 0 Å². The van der Waals surface area contributed by atoms with Crippen molar-refractivity contribution in [1.82, 2.24) is 15.1 Å². The van der Waals surface area contributed by atoms with Gasteiger partial charge in [-0.25, -0.2) is 0 Å². The first kappa shape index (κ1) is 14.9. The number of nitrogens with one attached hydrogen (secondary N) is 1. The number of aliphatic hydroxyl groups is 1. The summed E-state index contributed by atoms with van der Waals surface area (Å²) < 4.78 is 3.21. The highest BCUT2D eigenvalue weighted by Crippen LogP contribution is 2.32. The highest BCUT2D eigenvalue weighted by atomic mass is 32.1. The maximum Gasteiger partial charge on any atom is 0.101 e. The summed E-state index contributed by atoms with van der Waals surface area (Å²) in [7, 11) is 2.01. The van der Waals surface area contributed by atoms with Gasteiger partial charge in [-0.1, -0.05) is 18.2 Å². The molecule has 2 unspecified atom stereocenters. The van der Waals surface area contributed by atoms with Crippen molar-refractivity contribution in [2.24, 2.45) is 7.05 Å². The van der Waals surface area contributed by atoms with E-state index in [1.165, 1.54) is 27.8 Å². The van der Waals surface area contributed by atoms with E-state index in [4.69, 9.17) is 0 Å². The lowest BCUT2D eigenvalue weighted by molar-refractivity contribution is 0.171. The summed E-state index contributed by atoms with van der Waals surface area (Å²) in [6, 6.07) is 10.7. The Balaban J connectivity index is 1.46. The van der Waals surface area contributed by atoms with E-state index >= 15 is 0 Å². The number of aliphatic hydroxyl groups excluding tert-OH is 1. The lowest BCUT2D eigenvalue weighted by Crippen LogP contribution is -2.28. The fraction of sp³-hybridized carbons (Fsp3) is 0.389. The van der Waals surface area contributed by atoms with Crippen molar-refractivity contribution in [3.63, 3.8) is 0 Å². The Bertz CT molecular complexity index is 790. The number of aryl methyl sites for hydroxylation is 1. The molecule has 2 heterocycles. The minimum atomic E-state index is -0.463. The second-order valence-electron chi connectivity index (χ2n) is 6.23. The molecule has 2 aromatic heterocycles. The maximum atomic E-state index is 10.5. The second-order valence-corrected chi connectivity index (χ2v) is 7.34. The number of rotatable bonds is 4. The van der Waals surface area contributed by atoms with Crippen LogP contribution in [0.15, 0.2) is 36.5 Å². The molecule has 0 radical (unpaired) electrons. The van der Waals surface area contributed by atoms with Gasteiger partial charge in [-0.15, -0.1) is 11.3 Å². The molecule has 4 nitrogen and oxygen atoms in total. The zero-order valence-corrected chi connectivity index (χ0v) is 14.0. The van der Waals surface area contributed by atoms with Crippen LogP contribution in [0.5, 0.6) is 0 Å². The molecule has 0 amide bonds. The number of thiophene rings is 1. The van der Waals surface area contributed by atoms with Crippen molar-refractivity contribution < 1.29 is 5.11 Å². The maximum absolute atomic E-state index is 10.5. The molecule has 1 aromatic carbocycles. The van der Waals surface area contributed by atoms with E-state index in [0.717, 1.165) is 17.7 Å². The first-order valence-electron chi connectivity index (χ1n) is 8.13. The summed E-state index contributed by atoms with van der Waals surface area (Å²) in [5.74, 6) is 0. The Hall–Kier alpha value is -1.69. The van der Waals surface area contributed by atoms with E-state index in [-0.39, 0.29) is 0 Å². The van der Waals surface area contributed by atoms with Crippen LogP contribution < -0.4 is 5.32 Å². The third kappa shape index (κ3) is 2.80. The van der Waals surface area contributed by atoms with Crippen molar-refractivity contribution in [1.29, 1.82) is 0 Å². The molecule has 4 rings (SSSR count). The third-order valence-electron chi connectivity index (χ3n) is 4.71. The third-order valence-corrected chi connectivity index (χ3v) is 5.92. The Kier molecular flexibility index (Phi) is 3.93. The van der Waals surface area contributed by atoms with Gasteiger partial charge in [0.15, 0.2) is 0 Å². The van der Waals surface area contributed by atoms with Gasteiger partial charge in [0, 0.05) is 40.5 Å². The molecule has 0 bridgehead atoms. The molecule has 0 aliphatic heterocycles. The molecular formula is C18H21N3OS. The van der Waals surface area contributed by atoms with Crippen molar-refractivity contribution in [2.45, 2.75) is 31.4 Å². The Morgan fingerprint density at radius 3 is 3.17 bits per heavy atom. The van der Waals surface area contributed by atoms with E-state index in [2.05, 4.69) is 28.6 Å². The van der Waals surface area contributed by atoms with Crippen molar-refractivity contribution in [3.8, 4) is 0 Å². The van der Waals surface area contributed by atoms with Gasteiger partial charge < -0.3 is 10.4 Å². The van der Waals surface area contributed by atoms with Crippen LogP contribution in [0.25, 0.3) is 10.1 Å². The molecule has 2 atom stereocenters. The Morgan fingerprint density at radius 1 is 1.43 bits per heavy atom. The fourth-order valence-corrected chi connectivity index (χ4v) is 4.49. The van der Waals surface area contributed by atoms with Crippen LogP contribution in [0.3, 0.4) is 0 Å². The van der Waals surface area contributed by atoms with Gasteiger partial charge in [0.25, 0.3) is 0 Å². The smallest absolute Gasteiger partial charge is 0.101 e. The largest absolute Gasteiger partial charge is 0.386 e. The van der Waals surface area contributed by atoms with Gasteiger partial charge in [0.05, 0.1) is 6.20 Å². The van der Waals surface area contributed by atoms with Crippen molar-refractivity contribution in [3.05, 3.63) is 52.7 Å². The van der Waals surface area contributed by atoms with Crippen LogP contribution in [0.1, 0.15) is 41.1 Å². The number of hydrogen-bond acceptors (Lipinski definition) is 4. The SMILES string of the molecule is Cn1ncc2c1CCCC2NCC(O)c1cc2ccccc2s1. The first-order chi connectivity index (χ1) is 11.2. The van der Waals surface area contributed by atoms with Gasteiger partial charge in [-0.05, 0) is 36.8 Å². The zero-order chi connectivity index (χ0) is 15.8. The molecule has 0 fully saturated rings. The average Bonchev–Trinajstić information content (AvgIpc) is 3.17. The van der Waals surface area contributed by atoms with Gasteiger partial charge in [0.2, 0.25) is 0 Å². The predicted octanol–water partition coefficient (Wildman–Crippen LogP) is 3.34. The quantitative estimate of drug-likeness (QED) is 0.773.